The molecule has 4 nitrogen and oxygen atoms in total. The summed E-state index contributed by atoms with van der Waals surface area (Å²) in [7, 11) is 1.71. The van der Waals surface area contributed by atoms with Crippen LogP contribution in [0.4, 0.5) is 0 Å². The molecule has 0 spiro atoms. The standard InChI is InChI=1S/C16H27N3O/c1-13(2)18-7-9-19(10-8-18)16(12-17)14-5-4-6-15(11-14)20-3/h4-6,11,13,16H,7-10,12,17H2,1-3H3. The molecule has 1 atom stereocenters. The Labute approximate surface area is 122 Å². The Balaban J connectivity index is 2.05. The normalized spacial score (nSPS) is 19.2. The molecule has 1 unspecified atom stereocenters. The van der Waals surface area contributed by atoms with Gasteiger partial charge in [-0.05, 0) is 31.5 Å². The molecule has 1 saturated heterocycles. The molecule has 0 aliphatic carbocycles. The lowest BCUT2D eigenvalue weighted by Crippen LogP contribution is -2.50. The van der Waals surface area contributed by atoms with Gasteiger partial charge in [0.05, 0.1) is 7.11 Å². The van der Waals surface area contributed by atoms with Gasteiger partial charge >= 0.3 is 0 Å². The fourth-order valence-electron chi connectivity index (χ4n) is 2.91. The third-order valence-electron chi connectivity index (χ3n) is 4.22. The highest BCUT2D eigenvalue weighted by Crippen LogP contribution is 2.24. The van der Waals surface area contributed by atoms with Crippen molar-refractivity contribution in [2.24, 2.45) is 5.73 Å². The maximum atomic E-state index is 6.03. The topological polar surface area (TPSA) is 41.7 Å². The zero-order valence-corrected chi connectivity index (χ0v) is 12.9. The van der Waals surface area contributed by atoms with E-state index in [9.17, 15) is 0 Å². The van der Waals surface area contributed by atoms with E-state index < -0.39 is 0 Å². The van der Waals surface area contributed by atoms with Gasteiger partial charge in [0.2, 0.25) is 0 Å². The van der Waals surface area contributed by atoms with E-state index in [1.165, 1.54) is 5.56 Å². The van der Waals surface area contributed by atoms with Crippen molar-refractivity contribution in [1.82, 2.24) is 9.80 Å². The fourth-order valence-corrected chi connectivity index (χ4v) is 2.91. The number of methoxy groups -OCH3 is 1. The summed E-state index contributed by atoms with van der Waals surface area (Å²) in [6.45, 7) is 9.58. The first kappa shape index (κ1) is 15.3. The van der Waals surface area contributed by atoms with Crippen molar-refractivity contribution in [1.29, 1.82) is 0 Å². The SMILES string of the molecule is COc1cccc(C(CN)N2CCN(C(C)C)CC2)c1. The molecule has 0 amide bonds. The van der Waals surface area contributed by atoms with Crippen molar-refractivity contribution >= 4 is 0 Å². The lowest BCUT2D eigenvalue weighted by atomic mass is 10.0. The smallest absolute Gasteiger partial charge is 0.119 e. The van der Waals surface area contributed by atoms with Gasteiger partial charge in [0.25, 0.3) is 0 Å². The van der Waals surface area contributed by atoms with Crippen LogP contribution >= 0.6 is 0 Å². The van der Waals surface area contributed by atoms with Gasteiger partial charge in [-0.3, -0.25) is 9.80 Å². The molecule has 0 radical (unpaired) electrons. The first-order valence-electron chi connectivity index (χ1n) is 7.47. The van der Waals surface area contributed by atoms with Crippen LogP contribution in [0.25, 0.3) is 0 Å². The maximum Gasteiger partial charge on any atom is 0.119 e. The highest BCUT2D eigenvalue weighted by molar-refractivity contribution is 5.30. The van der Waals surface area contributed by atoms with Gasteiger partial charge in [0, 0.05) is 44.8 Å². The second-order valence-corrected chi connectivity index (χ2v) is 5.69. The molecule has 1 heterocycles. The van der Waals surface area contributed by atoms with Crippen LogP contribution in [0.3, 0.4) is 0 Å². The summed E-state index contributed by atoms with van der Waals surface area (Å²) >= 11 is 0. The Hall–Kier alpha value is -1.10. The number of nitrogens with zero attached hydrogens (tertiary/aromatic N) is 2. The quantitative estimate of drug-likeness (QED) is 0.890. The van der Waals surface area contributed by atoms with Gasteiger partial charge in [0.15, 0.2) is 0 Å². The Morgan fingerprint density at radius 1 is 1.15 bits per heavy atom. The maximum absolute atomic E-state index is 6.03. The van der Waals surface area contributed by atoms with E-state index in [4.69, 9.17) is 10.5 Å². The zero-order valence-electron chi connectivity index (χ0n) is 12.9. The average molecular weight is 277 g/mol. The fraction of sp³-hybridized carbons (Fsp3) is 0.625. The molecule has 0 aromatic heterocycles. The van der Waals surface area contributed by atoms with Gasteiger partial charge in [-0.2, -0.15) is 0 Å². The minimum atomic E-state index is 0.291. The number of piperazine rings is 1. The van der Waals surface area contributed by atoms with E-state index in [0.717, 1.165) is 31.9 Å². The number of hydrogen-bond acceptors (Lipinski definition) is 4. The first-order valence-corrected chi connectivity index (χ1v) is 7.47. The van der Waals surface area contributed by atoms with Crippen LogP contribution < -0.4 is 10.5 Å². The van der Waals surface area contributed by atoms with E-state index in [0.29, 0.717) is 18.6 Å². The minimum absolute atomic E-state index is 0.291. The molecule has 2 N–H and O–H groups in total. The zero-order chi connectivity index (χ0) is 14.5. The highest BCUT2D eigenvalue weighted by atomic mass is 16.5. The van der Waals surface area contributed by atoms with Gasteiger partial charge in [-0.25, -0.2) is 0 Å². The second kappa shape index (κ2) is 7.07. The van der Waals surface area contributed by atoms with Crippen LogP contribution in [0.5, 0.6) is 5.75 Å². The molecule has 1 aliphatic rings. The predicted molar refractivity (Wildman–Crippen MR) is 83.1 cm³/mol. The Morgan fingerprint density at radius 3 is 2.35 bits per heavy atom. The highest BCUT2D eigenvalue weighted by Gasteiger charge is 2.25. The third-order valence-corrected chi connectivity index (χ3v) is 4.22. The Morgan fingerprint density at radius 2 is 1.80 bits per heavy atom. The first-order chi connectivity index (χ1) is 9.65. The molecule has 2 rings (SSSR count). The Kier molecular flexibility index (Phi) is 5.40. The lowest BCUT2D eigenvalue weighted by molar-refractivity contribution is 0.0802. The molecule has 112 valence electrons. The number of rotatable bonds is 5. The van der Waals surface area contributed by atoms with Crippen molar-refractivity contribution in [2.75, 3.05) is 39.8 Å². The van der Waals surface area contributed by atoms with Crippen LogP contribution in [-0.4, -0.2) is 55.7 Å². The van der Waals surface area contributed by atoms with E-state index in [-0.39, 0.29) is 0 Å². The van der Waals surface area contributed by atoms with E-state index in [2.05, 4.69) is 35.8 Å². The molecular formula is C16H27N3O. The summed E-state index contributed by atoms with van der Waals surface area (Å²) in [6, 6.07) is 9.20. The molecule has 1 aliphatic heterocycles. The molecule has 1 aromatic carbocycles. The van der Waals surface area contributed by atoms with Crippen LogP contribution in [0.1, 0.15) is 25.5 Å². The van der Waals surface area contributed by atoms with Crippen molar-refractivity contribution < 1.29 is 4.74 Å². The molecule has 1 aromatic rings. The summed E-state index contributed by atoms with van der Waals surface area (Å²) in [5, 5.41) is 0. The number of hydrogen-bond donors (Lipinski definition) is 1. The number of nitrogens with two attached hydrogens (primary N) is 1. The average Bonchev–Trinajstić information content (AvgIpc) is 2.49. The Bertz CT molecular complexity index is 414. The van der Waals surface area contributed by atoms with Crippen LogP contribution in [0, 0.1) is 0 Å². The third kappa shape index (κ3) is 3.51. The summed E-state index contributed by atoms with van der Waals surface area (Å²) in [5.41, 5.74) is 7.28. The van der Waals surface area contributed by atoms with Gasteiger partial charge in [0.1, 0.15) is 5.75 Å². The number of benzene rings is 1. The van der Waals surface area contributed by atoms with Crippen molar-refractivity contribution in [2.45, 2.75) is 25.9 Å². The molecule has 0 bridgehead atoms. The van der Waals surface area contributed by atoms with Crippen molar-refractivity contribution in [3.8, 4) is 5.75 Å². The molecule has 1 fully saturated rings. The van der Waals surface area contributed by atoms with Gasteiger partial charge in [-0.1, -0.05) is 12.1 Å². The van der Waals surface area contributed by atoms with Gasteiger partial charge in [-0.15, -0.1) is 0 Å². The molecular weight excluding hydrogens is 250 g/mol. The summed E-state index contributed by atoms with van der Waals surface area (Å²) in [5.74, 6) is 0.904. The van der Waals surface area contributed by atoms with Crippen molar-refractivity contribution in [3.63, 3.8) is 0 Å². The van der Waals surface area contributed by atoms with Gasteiger partial charge < -0.3 is 10.5 Å². The second-order valence-electron chi connectivity index (χ2n) is 5.69. The summed E-state index contributed by atoms with van der Waals surface area (Å²) < 4.78 is 5.32. The molecule has 4 heteroatoms. The van der Waals surface area contributed by atoms with Crippen LogP contribution in [0.2, 0.25) is 0 Å². The minimum Gasteiger partial charge on any atom is -0.497 e. The molecule has 20 heavy (non-hydrogen) atoms. The van der Waals surface area contributed by atoms with E-state index in [1.54, 1.807) is 7.11 Å². The van der Waals surface area contributed by atoms with Crippen LogP contribution in [-0.2, 0) is 0 Å². The predicted octanol–water partition coefficient (Wildman–Crippen LogP) is 1.72. The molecule has 0 saturated carbocycles. The number of ether oxygens (including phenoxy) is 1. The van der Waals surface area contributed by atoms with E-state index >= 15 is 0 Å². The van der Waals surface area contributed by atoms with Crippen LogP contribution in [0.15, 0.2) is 24.3 Å². The largest absolute Gasteiger partial charge is 0.497 e. The van der Waals surface area contributed by atoms with E-state index in [1.807, 2.05) is 12.1 Å². The lowest BCUT2D eigenvalue weighted by Gasteiger charge is -2.40. The summed E-state index contributed by atoms with van der Waals surface area (Å²) in [6.07, 6.45) is 0. The monoisotopic (exact) mass is 277 g/mol. The summed E-state index contributed by atoms with van der Waals surface area (Å²) in [4.78, 5) is 5.02. The van der Waals surface area contributed by atoms with Crippen molar-refractivity contribution in [3.05, 3.63) is 29.8 Å².